The Morgan fingerprint density at radius 2 is 1.54 bits per heavy atom. The summed E-state index contributed by atoms with van der Waals surface area (Å²) in [7, 11) is 0. The van der Waals surface area contributed by atoms with Crippen LogP contribution in [-0.2, 0) is 24.1 Å². The molecule has 1 N–H and O–H groups in total. The molecular weight excluding hydrogens is 294 g/mol. The second kappa shape index (κ2) is 8.68. The zero-order valence-electron chi connectivity index (χ0n) is 15.4. The second-order valence-electron chi connectivity index (χ2n) is 6.41. The van der Waals surface area contributed by atoms with Gasteiger partial charge in [0, 0.05) is 12.1 Å². The van der Waals surface area contributed by atoms with Crippen LogP contribution < -0.4 is 5.32 Å². The van der Waals surface area contributed by atoms with Crippen molar-refractivity contribution < 1.29 is 4.79 Å². The van der Waals surface area contributed by atoms with Crippen LogP contribution in [0.15, 0.2) is 42.5 Å². The van der Waals surface area contributed by atoms with E-state index >= 15 is 0 Å². The van der Waals surface area contributed by atoms with Gasteiger partial charge in [0.15, 0.2) is 0 Å². The molecule has 0 aliphatic heterocycles. The summed E-state index contributed by atoms with van der Waals surface area (Å²) >= 11 is 0. The third kappa shape index (κ3) is 4.47. The molecule has 1 atom stereocenters. The van der Waals surface area contributed by atoms with Crippen LogP contribution in [0.3, 0.4) is 0 Å². The number of benzene rings is 2. The zero-order chi connectivity index (χ0) is 17.5. The predicted molar refractivity (Wildman–Crippen MR) is 103 cm³/mol. The number of amides is 1. The van der Waals surface area contributed by atoms with Crippen LogP contribution >= 0.6 is 0 Å². The van der Waals surface area contributed by atoms with Gasteiger partial charge in [-0.25, -0.2) is 0 Å². The van der Waals surface area contributed by atoms with E-state index in [1.165, 1.54) is 22.3 Å². The summed E-state index contributed by atoms with van der Waals surface area (Å²) in [6.07, 6.45) is 3.40. The fraction of sp³-hybridized carbons (Fsp3) is 0.409. The van der Waals surface area contributed by atoms with Crippen molar-refractivity contribution in [1.82, 2.24) is 0 Å². The molecule has 2 rings (SSSR count). The summed E-state index contributed by atoms with van der Waals surface area (Å²) in [6.45, 7) is 8.58. The summed E-state index contributed by atoms with van der Waals surface area (Å²) in [5.74, 6) is 0.316. The van der Waals surface area contributed by atoms with E-state index in [9.17, 15) is 4.79 Å². The molecule has 1 amide bonds. The molecule has 0 aliphatic carbocycles. The molecule has 0 saturated heterocycles. The Hall–Kier alpha value is -2.09. The number of aryl methyl sites for hydroxylation is 3. The van der Waals surface area contributed by atoms with Crippen LogP contribution in [-0.4, -0.2) is 5.91 Å². The predicted octanol–water partition coefficient (Wildman–Crippen LogP) is 5.51. The summed E-state index contributed by atoms with van der Waals surface area (Å²) in [6, 6.07) is 14.7. The molecule has 2 aromatic carbocycles. The number of carbonyl (C=O) groups is 1. The van der Waals surface area contributed by atoms with Crippen molar-refractivity contribution in [2.24, 2.45) is 0 Å². The Kier molecular flexibility index (Phi) is 6.60. The van der Waals surface area contributed by atoms with Gasteiger partial charge < -0.3 is 5.32 Å². The van der Waals surface area contributed by atoms with Gasteiger partial charge in [0.1, 0.15) is 0 Å². The van der Waals surface area contributed by atoms with E-state index in [1.54, 1.807) is 0 Å². The Morgan fingerprint density at radius 3 is 2.04 bits per heavy atom. The highest BCUT2D eigenvalue weighted by Gasteiger charge is 2.15. The molecule has 24 heavy (non-hydrogen) atoms. The molecule has 128 valence electrons. The number of hydrogen-bond acceptors (Lipinski definition) is 1. The zero-order valence-corrected chi connectivity index (χ0v) is 15.4. The average Bonchev–Trinajstić information content (AvgIpc) is 2.62. The van der Waals surface area contributed by atoms with Gasteiger partial charge in [0.05, 0.1) is 0 Å². The third-order valence-electron chi connectivity index (χ3n) is 4.66. The molecule has 0 saturated carbocycles. The quantitative estimate of drug-likeness (QED) is 0.715. The highest BCUT2D eigenvalue weighted by atomic mass is 16.1. The summed E-state index contributed by atoms with van der Waals surface area (Å²) in [5.41, 5.74) is 6.07. The first-order valence-corrected chi connectivity index (χ1v) is 9.08. The molecule has 2 nitrogen and oxygen atoms in total. The summed E-state index contributed by atoms with van der Waals surface area (Å²) in [4.78, 5) is 12.6. The van der Waals surface area contributed by atoms with E-state index in [0.29, 0.717) is 6.42 Å². The monoisotopic (exact) mass is 323 g/mol. The van der Waals surface area contributed by atoms with Crippen LogP contribution in [0.25, 0.3) is 0 Å². The van der Waals surface area contributed by atoms with Crippen LogP contribution in [0.4, 0.5) is 5.69 Å². The Labute approximate surface area is 146 Å². The molecular formula is C22H29NO. The molecule has 0 fully saturated rings. The van der Waals surface area contributed by atoms with Crippen molar-refractivity contribution in [2.45, 2.75) is 59.3 Å². The number of hydrogen-bond donors (Lipinski definition) is 1. The normalized spacial score (nSPS) is 12.0. The van der Waals surface area contributed by atoms with E-state index < -0.39 is 0 Å². The van der Waals surface area contributed by atoms with Gasteiger partial charge in [-0.2, -0.15) is 0 Å². The van der Waals surface area contributed by atoms with Crippen molar-refractivity contribution in [3.63, 3.8) is 0 Å². The minimum Gasteiger partial charge on any atom is -0.326 e. The Balaban J connectivity index is 2.16. The first-order chi connectivity index (χ1) is 11.6. The van der Waals surface area contributed by atoms with Gasteiger partial charge in [-0.15, -0.1) is 0 Å². The van der Waals surface area contributed by atoms with Crippen LogP contribution in [0.2, 0.25) is 0 Å². The number of anilines is 1. The molecule has 0 heterocycles. The summed E-state index contributed by atoms with van der Waals surface area (Å²) < 4.78 is 0. The maximum absolute atomic E-state index is 12.6. The molecule has 0 unspecified atom stereocenters. The number of carbonyl (C=O) groups excluding carboxylic acids is 1. The maximum atomic E-state index is 12.6. The largest absolute Gasteiger partial charge is 0.326 e. The highest BCUT2D eigenvalue weighted by molar-refractivity contribution is 5.93. The topological polar surface area (TPSA) is 29.1 Å². The molecule has 0 bridgehead atoms. The molecule has 2 heteroatoms. The van der Waals surface area contributed by atoms with Gasteiger partial charge in [-0.3, -0.25) is 4.79 Å². The molecule has 0 aliphatic rings. The minimum absolute atomic E-state index is 0.0972. The molecule has 0 radical (unpaired) electrons. The lowest BCUT2D eigenvalue weighted by Crippen LogP contribution is -2.17. The van der Waals surface area contributed by atoms with Crippen molar-refractivity contribution in [1.29, 1.82) is 0 Å². The van der Waals surface area contributed by atoms with E-state index in [4.69, 9.17) is 0 Å². The second-order valence-corrected chi connectivity index (χ2v) is 6.41. The van der Waals surface area contributed by atoms with E-state index in [1.807, 2.05) is 18.2 Å². The Bertz CT molecular complexity index is 651. The van der Waals surface area contributed by atoms with Crippen LogP contribution in [0, 0.1) is 0 Å². The Morgan fingerprint density at radius 1 is 0.958 bits per heavy atom. The smallest absolute Gasteiger partial charge is 0.224 e. The highest BCUT2D eigenvalue weighted by Crippen LogP contribution is 2.27. The van der Waals surface area contributed by atoms with Gasteiger partial charge in [0.25, 0.3) is 0 Å². The fourth-order valence-electron chi connectivity index (χ4n) is 3.13. The minimum atomic E-state index is 0.0972. The van der Waals surface area contributed by atoms with Crippen molar-refractivity contribution in [3.05, 3.63) is 64.7 Å². The third-order valence-corrected chi connectivity index (χ3v) is 4.66. The maximum Gasteiger partial charge on any atom is 0.224 e. The molecule has 0 aromatic heterocycles. The van der Waals surface area contributed by atoms with Gasteiger partial charge >= 0.3 is 0 Å². The van der Waals surface area contributed by atoms with Gasteiger partial charge in [0.2, 0.25) is 5.91 Å². The van der Waals surface area contributed by atoms with Gasteiger partial charge in [-0.1, -0.05) is 70.2 Å². The van der Waals surface area contributed by atoms with E-state index in [-0.39, 0.29) is 11.8 Å². The molecule has 0 spiro atoms. The lowest BCUT2D eigenvalue weighted by molar-refractivity contribution is -0.116. The fourth-order valence-corrected chi connectivity index (χ4v) is 3.13. The van der Waals surface area contributed by atoms with E-state index in [0.717, 1.165) is 24.9 Å². The lowest BCUT2D eigenvalue weighted by Gasteiger charge is -2.18. The van der Waals surface area contributed by atoms with Crippen molar-refractivity contribution in [2.75, 3.05) is 5.32 Å². The summed E-state index contributed by atoms with van der Waals surface area (Å²) in [5, 5.41) is 3.19. The molecule has 2 aromatic rings. The first kappa shape index (κ1) is 18.3. The first-order valence-electron chi connectivity index (χ1n) is 9.08. The number of nitrogens with one attached hydrogen (secondary N) is 1. The standard InChI is InChI=1S/C22H29NO/c1-5-17-14-18(6-2)22(19(7-3)15-17)23-21(24)13-16(4)20-11-9-8-10-12-20/h8-12,14-16H,5-7,13H2,1-4H3,(H,23,24)/t16-/m0/s1. The van der Waals surface area contributed by atoms with Crippen LogP contribution in [0.1, 0.15) is 62.3 Å². The van der Waals surface area contributed by atoms with Gasteiger partial charge in [-0.05, 0) is 47.4 Å². The SMILES string of the molecule is CCc1cc(CC)c(NC(=O)C[C@H](C)c2ccccc2)c(CC)c1. The number of rotatable bonds is 7. The van der Waals surface area contributed by atoms with E-state index in [2.05, 4.69) is 57.3 Å². The van der Waals surface area contributed by atoms with Crippen molar-refractivity contribution in [3.8, 4) is 0 Å². The average molecular weight is 323 g/mol. The van der Waals surface area contributed by atoms with Crippen LogP contribution in [0.5, 0.6) is 0 Å². The lowest BCUT2D eigenvalue weighted by atomic mass is 9.96. The van der Waals surface area contributed by atoms with Crippen molar-refractivity contribution >= 4 is 11.6 Å².